The Hall–Kier alpha value is -1.43. The first-order valence-corrected chi connectivity index (χ1v) is 6.79. The molecule has 19 heavy (non-hydrogen) atoms. The summed E-state index contributed by atoms with van der Waals surface area (Å²) in [5, 5.41) is 0. The van der Waals surface area contributed by atoms with Gasteiger partial charge in [-0.3, -0.25) is 4.79 Å². The van der Waals surface area contributed by atoms with Crippen molar-refractivity contribution in [3.63, 3.8) is 0 Å². The van der Waals surface area contributed by atoms with Gasteiger partial charge in [0.05, 0.1) is 16.9 Å². The molecular formula is C13H20N4OS. The van der Waals surface area contributed by atoms with Gasteiger partial charge in [-0.25, -0.2) is 4.98 Å². The molecular weight excluding hydrogens is 260 g/mol. The normalized spacial score (nSPS) is 25.7. The molecule has 1 aliphatic rings. The van der Waals surface area contributed by atoms with Gasteiger partial charge in [0.25, 0.3) is 0 Å². The molecule has 0 aromatic carbocycles. The molecule has 0 aliphatic heterocycles. The van der Waals surface area contributed by atoms with Crippen molar-refractivity contribution >= 4 is 23.1 Å². The maximum Gasteiger partial charge on any atom is 0.235 e. The van der Waals surface area contributed by atoms with Gasteiger partial charge in [-0.2, -0.15) is 0 Å². The van der Waals surface area contributed by atoms with E-state index in [9.17, 15) is 4.79 Å². The molecule has 2 rings (SSSR count). The average Bonchev–Trinajstić information content (AvgIpc) is 2.69. The summed E-state index contributed by atoms with van der Waals surface area (Å²) in [6.45, 7) is 2.59. The van der Waals surface area contributed by atoms with E-state index in [-0.39, 0.29) is 5.91 Å². The van der Waals surface area contributed by atoms with Crippen LogP contribution in [0.3, 0.4) is 0 Å². The average molecular weight is 280 g/mol. The summed E-state index contributed by atoms with van der Waals surface area (Å²) < 4.78 is 1.90. The maximum absolute atomic E-state index is 12.6. The molecule has 5 nitrogen and oxygen atoms in total. The van der Waals surface area contributed by atoms with Crippen molar-refractivity contribution < 1.29 is 4.79 Å². The van der Waals surface area contributed by atoms with Gasteiger partial charge in [-0.1, -0.05) is 19.1 Å². The van der Waals surface area contributed by atoms with Crippen LogP contribution in [-0.4, -0.2) is 32.4 Å². The standard InChI is InChI=1S/C13H20N4OS/c1-9-6-13(7-9,11(14)19)12(18)17(3)8-10-15-4-5-16(10)2/h4-5,9H,6-8H2,1-3H3,(H2,14,19). The van der Waals surface area contributed by atoms with Gasteiger partial charge in [-0.15, -0.1) is 0 Å². The van der Waals surface area contributed by atoms with E-state index in [1.54, 1.807) is 18.1 Å². The third kappa shape index (κ3) is 2.36. The minimum absolute atomic E-state index is 0.0149. The number of hydrogen-bond acceptors (Lipinski definition) is 3. The van der Waals surface area contributed by atoms with Crippen molar-refractivity contribution in [2.24, 2.45) is 24.1 Å². The Morgan fingerprint density at radius 3 is 2.74 bits per heavy atom. The number of amides is 1. The highest BCUT2D eigenvalue weighted by Crippen LogP contribution is 2.47. The summed E-state index contributed by atoms with van der Waals surface area (Å²) in [6.07, 6.45) is 5.10. The number of imidazole rings is 1. The van der Waals surface area contributed by atoms with Crippen LogP contribution in [0.25, 0.3) is 0 Å². The van der Waals surface area contributed by atoms with Gasteiger partial charge in [0.1, 0.15) is 5.82 Å². The third-order valence-electron chi connectivity index (χ3n) is 3.92. The molecule has 2 N–H and O–H groups in total. The number of aryl methyl sites for hydroxylation is 1. The zero-order valence-corrected chi connectivity index (χ0v) is 12.4. The second-order valence-electron chi connectivity index (χ2n) is 5.58. The predicted octanol–water partition coefficient (Wildman–Crippen LogP) is 1.08. The fourth-order valence-electron chi connectivity index (χ4n) is 2.81. The molecule has 1 fully saturated rings. The lowest BCUT2D eigenvalue weighted by Crippen LogP contribution is -2.56. The minimum atomic E-state index is -0.630. The topological polar surface area (TPSA) is 64.2 Å². The van der Waals surface area contributed by atoms with Gasteiger partial charge >= 0.3 is 0 Å². The van der Waals surface area contributed by atoms with Crippen LogP contribution in [-0.2, 0) is 18.4 Å². The van der Waals surface area contributed by atoms with Gasteiger partial charge in [0, 0.05) is 26.5 Å². The Morgan fingerprint density at radius 1 is 1.68 bits per heavy atom. The van der Waals surface area contributed by atoms with Crippen LogP contribution in [0.15, 0.2) is 12.4 Å². The molecule has 1 heterocycles. The van der Waals surface area contributed by atoms with E-state index in [0.717, 1.165) is 18.7 Å². The molecule has 104 valence electrons. The highest BCUT2D eigenvalue weighted by molar-refractivity contribution is 7.80. The Morgan fingerprint density at radius 2 is 2.32 bits per heavy atom. The lowest BCUT2D eigenvalue weighted by molar-refractivity contribution is -0.143. The molecule has 0 radical (unpaired) electrons. The fraction of sp³-hybridized carbons (Fsp3) is 0.615. The second kappa shape index (κ2) is 4.92. The zero-order valence-electron chi connectivity index (χ0n) is 11.6. The van der Waals surface area contributed by atoms with Crippen molar-refractivity contribution in [2.45, 2.75) is 26.3 Å². The summed E-state index contributed by atoms with van der Waals surface area (Å²) in [5.41, 5.74) is 5.17. The molecule has 1 aliphatic carbocycles. The first-order valence-electron chi connectivity index (χ1n) is 6.38. The van der Waals surface area contributed by atoms with Gasteiger partial charge < -0.3 is 15.2 Å². The molecule has 6 heteroatoms. The highest BCUT2D eigenvalue weighted by Gasteiger charge is 2.52. The molecule has 1 aromatic heterocycles. The first-order chi connectivity index (χ1) is 8.86. The molecule has 1 amide bonds. The number of nitrogens with zero attached hydrogens (tertiary/aromatic N) is 3. The number of carbonyl (C=O) groups excluding carboxylic acids is 1. The molecule has 0 bridgehead atoms. The summed E-state index contributed by atoms with van der Waals surface area (Å²) in [7, 11) is 3.69. The van der Waals surface area contributed by atoms with Gasteiger partial charge in [-0.05, 0) is 18.8 Å². The van der Waals surface area contributed by atoms with Crippen molar-refractivity contribution in [3.05, 3.63) is 18.2 Å². The smallest absolute Gasteiger partial charge is 0.235 e. The Kier molecular flexibility index (Phi) is 3.62. The maximum atomic E-state index is 12.6. The number of aromatic nitrogens is 2. The van der Waals surface area contributed by atoms with Gasteiger partial charge in [0.2, 0.25) is 5.91 Å². The Bertz CT molecular complexity index is 504. The highest BCUT2D eigenvalue weighted by atomic mass is 32.1. The number of carbonyl (C=O) groups is 1. The van der Waals surface area contributed by atoms with Crippen molar-refractivity contribution in [2.75, 3.05) is 7.05 Å². The van der Waals surface area contributed by atoms with E-state index in [0.29, 0.717) is 17.5 Å². The van der Waals surface area contributed by atoms with Crippen molar-refractivity contribution in [1.29, 1.82) is 0 Å². The molecule has 0 saturated heterocycles. The van der Waals surface area contributed by atoms with Crippen LogP contribution in [0.5, 0.6) is 0 Å². The van der Waals surface area contributed by atoms with Crippen LogP contribution in [0.1, 0.15) is 25.6 Å². The largest absolute Gasteiger partial charge is 0.392 e. The monoisotopic (exact) mass is 280 g/mol. The van der Waals surface area contributed by atoms with Crippen LogP contribution in [0.2, 0.25) is 0 Å². The summed E-state index contributed by atoms with van der Waals surface area (Å²) >= 11 is 5.11. The summed E-state index contributed by atoms with van der Waals surface area (Å²) in [5.74, 6) is 1.37. The summed E-state index contributed by atoms with van der Waals surface area (Å²) in [4.78, 5) is 18.8. The van der Waals surface area contributed by atoms with E-state index in [4.69, 9.17) is 18.0 Å². The lowest BCUT2D eigenvalue weighted by Gasteiger charge is -2.45. The Labute approximate surface area is 118 Å². The van der Waals surface area contributed by atoms with E-state index < -0.39 is 5.41 Å². The molecule has 0 unspecified atom stereocenters. The first kappa shape index (κ1) is 14.0. The van der Waals surface area contributed by atoms with E-state index in [1.807, 2.05) is 17.8 Å². The molecule has 0 atom stereocenters. The fourth-order valence-corrected chi connectivity index (χ4v) is 3.06. The quantitative estimate of drug-likeness (QED) is 0.838. The van der Waals surface area contributed by atoms with E-state index >= 15 is 0 Å². The van der Waals surface area contributed by atoms with Crippen molar-refractivity contribution in [1.82, 2.24) is 14.5 Å². The molecule has 1 aromatic rings. The SMILES string of the molecule is CC1CC(C(=O)N(C)Cc2nccn2C)(C(N)=S)C1. The number of hydrogen-bond donors (Lipinski definition) is 1. The molecule has 1 saturated carbocycles. The van der Waals surface area contributed by atoms with E-state index in [1.165, 1.54) is 0 Å². The number of thiocarbonyl (C=S) groups is 1. The number of nitrogens with two attached hydrogens (primary N) is 1. The second-order valence-corrected chi connectivity index (χ2v) is 6.02. The van der Waals surface area contributed by atoms with Crippen LogP contribution in [0, 0.1) is 11.3 Å². The molecule has 0 spiro atoms. The third-order valence-corrected chi connectivity index (χ3v) is 4.31. The lowest BCUT2D eigenvalue weighted by atomic mass is 9.61. The zero-order chi connectivity index (χ0) is 14.2. The van der Waals surface area contributed by atoms with Crippen molar-refractivity contribution in [3.8, 4) is 0 Å². The van der Waals surface area contributed by atoms with Crippen LogP contribution >= 0.6 is 12.2 Å². The number of rotatable bonds is 4. The Balaban J connectivity index is 2.10. The predicted molar refractivity (Wildman–Crippen MR) is 77.3 cm³/mol. The van der Waals surface area contributed by atoms with Gasteiger partial charge in [0.15, 0.2) is 0 Å². The van der Waals surface area contributed by atoms with E-state index in [2.05, 4.69) is 11.9 Å². The summed E-state index contributed by atoms with van der Waals surface area (Å²) in [6, 6.07) is 0. The van der Waals surface area contributed by atoms with Crippen LogP contribution < -0.4 is 5.73 Å². The minimum Gasteiger partial charge on any atom is -0.392 e. The van der Waals surface area contributed by atoms with Crippen LogP contribution in [0.4, 0.5) is 0 Å².